The molecule has 5 heteroatoms. The number of methoxy groups -OCH3 is 2. The second-order valence-electron chi connectivity index (χ2n) is 4.82. The third kappa shape index (κ3) is 2.81. The largest absolute Gasteiger partial charge is 0.497 e. The quantitative estimate of drug-likeness (QED) is 0.686. The molecule has 0 bridgehead atoms. The summed E-state index contributed by atoms with van der Waals surface area (Å²) in [5.74, 6) is 0.602. The van der Waals surface area contributed by atoms with E-state index in [1.54, 1.807) is 31.4 Å². The molecule has 3 rings (SSSR count). The zero-order valence-electron chi connectivity index (χ0n) is 12.8. The molecule has 0 aliphatic heterocycles. The number of hydrogen-bond donors (Lipinski definition) is 0. The summed E-state index contributed by atoms with van der Waals surface area (Å²) in [7, 11) is 2.93. The molecule has 0 radical (unpaired) electrons. The number of carbonyl (C=O) groups excluding carboxylic acids is 1. The van der Waals surface area contributed by atoms with Gasteiger partial charge in [0.05, 0.1) is 14.2 Å². The summed E-state index contributed by atoms with van der Waals surface area (Å²) >= 11 is 0. The Morgan fingerprint density at radius 3 is 2.26 bits per heavy atom. The van der Waals surface area contributed by atoms with Gasteiger partial charge in [0.2, 0.25) is 0 Å². The van der Waals surface area contributed by atoms with Crippen LogP contribution in [0.5, 0.6) is 5.75 Å². The van der Waals surface area contributed by atoms with Gasteiger partial charge in [-0.2, -0.15) is 0 Å². The summed E-state index contributed by atoms with van der Waals surface area (Å²) in [5, 5.41) is 4.07. The predicted octanol–water partition coefficient (Wildman–Crippen LogP) is 3.80. The fourth-order valence-corrected chi connectivity index (χ4v) is 2.31. The predicted molar refractivity (Wildman–Crippen MR) is 85.3 cm³/mol. The number of nitrogens with zero attached hydrogens (tertiary/aromatic N) is 1. The van der Waals surface area contributed by atoms with E-state index in [4.69, 9.17) is 14.0 Å². The van der Waals surface area contributed by atoms with Gasteiger partial charge in [0, 0.05) is 11.1 Å². The summed E-state index contributed by atoms with van der Waals surface area (Å²) in [6.45, 7) is 0. The molecule has 0 aliphatic carbocycles. The van der Waals surface area contributed by atoms with Crippen molar-refractivity contribution in [2.45, 2.75) is 0 Å². The van der Waals surface area contributed by atoms with Crippen LogP contribution in [0.4, 0.5) is 0 Å². The monoisotopic (exact) mass is 309 g/mol. The average Bonchev–Trinajstić information content (AvgIpc) is 3.07. The molecule has 0 unspecified atom stereocenters. The Morgan fingerprint density at radius 1 is 0.957 bits per heavy atom. The van der Waals surface area contributed by atoms with Crippen LogP contribution in [0, 0.1) is 0 Å². The second kappa shape index (κ2) is 6.36. The van der Waals surface area contributed by atoms with E-state index in [1.165, 1.54) is 7.11 Å². The standard InChI is InChI=1S/C18H15NO4/c1-21-14-10-8-13(9-11-14)17-15(18(20)22-2)16(19-23-17)12-6-4-3-5-7-12/h3-11H,1-2H3. The number of hydrogen-bond acceptors (Lipinski definition) is 5. The summed E-state index contributed by atoms with van der Waals surface area (Å²) in [6.07, 6.45) is 0. The van der Waals surface area contributed by atoms with E-state index in [-0.39, 0.29) is 0 Å². The van der Waals surface area contributed by atoms with Gasteiger partial charge in [0.1, 0.15) is 17.0 Å². The van der Waals surface area contributed by atoms with Crippen molar-refractivity contribution in [3.8, 4) is 28.3 Å². The molecule has 0 atom stereocenters. The number of ether oxygens (including phenoxy) is 2. The molecular weight excluding hydrogens is 294 g/mol. The van der Waals surface area contributed by atoms with Gasteiger partial charge in [-0.25, -0.2) is 4.79 Å². The lowest BCUT2D eigenvalue weighted by Gasteiger charge is -2.04. The van der Waals surface area contributed by atoms with Crippen molar-refractivity contribution >= 4 is 5.97 Å². The molecule has 0 aliphatic rings. The maximum atomic E-state index is 12.2. The molecule has 0 N–H and O–H groups in total. The Hall–Kier alpha value is -3.08. The van der Waals surface area contributed by atoms with Crippen molar-refractivity contribution in [2.75, 3.05) is 14.2 Å². The highest BCUT2D eigenvalue weighted by Gasteiger charge is 2.25. The summed E-state index contributed by atoms with van der Waals surface area (Å²) in [5.41, 5.74) is 2.28. The fraction of sp³-hybridized carbons (Fsp3) is 0.111. The Bertz CT molecular complexity index is 807. The van der Waals surface area contributed by atoms with Gasteiger partial charge in [-0.1, -0.05) is 35.5 Å². The van der Waals surface area contributed by atoms with Crippen LogP contribution in [0.3, 0.4) is 0 Å². The van der Waals surface area contributed by atoms with Crippen molar-refractivity contribution in [1.29, 1.82) is 0 Å². The minimum absolute atomic E-state index is 0.309. The average molecular weight is 309 g/mol. The molecule has 0 amide bonds. The van der Waals surface area contributed by atoms with Crippen LogP contribution in [-0.2, 0) is 4.74 Å². The van der Waals surface area contributed by atoms with Gasteiger partial charge in [0.15, 0.2) is 5.76 Å². The number of benzene rings is 2. The van der Waals surface area contributed by atoms with Gasteiger partial charge in [-0.3, -0.25) is 0 Å². The smallest absolute Gasteiger partial charge is 0.344 e. The van der Waals surface area contributed by atoms with Crippen LogP contribution in [0.2, 0.25) is 0 Å². The van der Waals surface area contributed by atoms with Crippen LogP contribution >= 0.6 is 0 Å². The van der Waals surface area contributed by atoms with Crippen molar-refractivity contribution < 1.29 is 18.8 Å². The molecule has 2 aromatic carbocycles. The molecule has 0 spiro atoms. The Morgan fingerprint density at radius 2 is 1.65 bits per heavy atom. The molecular formula is C18H15NO4. The van der Waals surface area contributed by atoms with Gasteiger partial charge >= 0.3 is 5.97 Å². The van der Waals surface area contributed by atoms with Crippen molar-refractivity contribution in [3.05, 3.63) is 60.2 Å². The highest BCUT2D eigenvalue weighted by Crippen LogP contribution is 2.33. The molecule has 0 fully saturated rings. The molecule has 1 aromatic heterocycles. The summed E-state index contributed by atoms with van der Waals surface area (Å²) in [6, 6.07) is 16.6. The minimum Gasteiger partial charge on any atom is -0.497 e. The van der Waals surface area contributed by atoms with Crippen LogP contribution in [-0.4, -0.2) is 25.3 Å². The van der Waals surface area contributed by atoms with Crippen LogP contribution in [0.1, 0.15) is 10.4 Å². The first-order chi connectivity index (χ1) is 11.2. The molecule has 3 aromatic rings. The highest BCUT2D eigenvalue weighted by atomic mass is 16.5. The van der Waals surface area contributed by atoms with Gasteiger partial charge in [0.25, 0.3) is 0 Å². The van der Waals surface area contributed by atoms with Crippen LogP contribution in [0.25, 0.3) is 22.6 Å². The van der Waals surface area contributed by atoms with Gasteiger partial charge < -0.3 is 14.0 Å². The second-order valence-corrected chi connectivity index (χ2v) is 4.82. The van der Waals surface area contributed by atoms with E-state index in [2.05, 4.69) is 5.16 Å². The van der Waals surface area contributed by atoms with Crippen molar-refractivity contribution in [2.24, 2.45) is 0 Å². The topological polar surface area (TPSA) is 61.6 Å². The maximum Gasteiger partial charge on any atom is 0.344 e. The summed E-state index contributed by atoms with van der Waals surface area (Å²) in [4.78, 5) is 12.2. The van der Waals surface area contributed by atoms with E-state index in [1.807, 2.05) is 30.3 Å². The number of rotatable bonds is 4. The number of carbonyl (C=O) groups is 1. The molecule has 116 valence electrons. The normalized spacial score (nSPS) is 10.3. The lowest BCUT2D eigenvalue weighted by atomic mass is 10.0. The number of esters is 1. The SMILES string of the molecule is COC(=O)c1c(-c2ccccc2)noc1-c1ccc(OC)cc1. The van der Waals surface area contributed by atoms with Crippen molar-refractivity contribution in [3.63, 3.8) is 0 Å². The Kier molecular flexibility index (Phi) is 4.10. The number of aromatic nitrogens is 1. The fourth-order valence-electron chi connectivity index (χ4n) is 2.31. The van der Waals surface area contributed by atoms with Crippen molar-refractivity contribution in [1.82, 2.24) is 5.16 Å². The Balaban J connectivity index is 2.14. The van der Waals surface area contributed by atoms with Crippen LogP contribution in [0.15, 0.2) is 59.1 Å². The van der Waals surface area contributed by atoms with E-state index in [0.29, 0.717) is 17.0 Å². The van der Waals surface area contributed by atoms with Gasteiger partial charge in [-0.05, 0) is 24.3 Å². The molecule has 23 heavy (non-hydrogen) atoms. The van der Waals surface area contributed by atoms with E-state index in [9.17, 15) is 4.79 Å². The highest BCUT2D eigenvalue weighted by molar-refractivity contribution is 6.01. The molecule has 0 saturated heterocycles. The molecule has 0 saturated carbocycles. The third-order valence-electron chi connectivity index (χ3n) is 3.48. The lowest BCUT2D eigenvalue weighted by Crippen LogP contribution is -2.03. The van der Waals surface area contributed by atoms with E-state index >= 15 is 0 Å². The van der Waals surface area contributed by atoms with E-state index in [0.717, 1.165) is 16.9 Å². The third-order valence-corrected chi connectivity index (χ3v) is 3.48. The first kappa shape index (κ1) is 14.8. The van der Waals surface area contributed by atoms with Crippen LogP contribution < -0.4 is 4.74 Å². The molecule has 5 nitrogen and oxygen atoms in total. The zero-order valence-corrected chi connectivity index (χ0v) is 12.8. The minimum atomic E-state index is -0.490. The van der Waals surface area contributed by atoms with E-state index < -0.39 is 5.97 Å². The first-order valence-corrected chi connectivity index (χ1v) is 7.02. The zero-order chi connectivity index (χ0) is 16.2. The Labute approximate surface area is 133 Å². The first-order valence-electron chi connectivity index (χ1n) is 7.02. The summed E-state index contributed by atoms with van der Waals surface area (Å²) < 4.78 is 15.5. The van der Waals surface area contributed by atoms with Gasteiger partial charge in [-0.15, -0.1) is 0 Å². The molecule has 1 heterocycles. The lowest BCUT2D eigenvalue weighted by molar-refractivity contribution is 0.0602. The maximum absolute atomic E-state index is 12.2.